The fourth-order valence-electron chi connectivity index (χ4n) is 2.40. The Morgan fingerprint density at radius 3 is 2.93 bits per heavy atom. The average molecular weight is 192 g/mol. The van der Waals surface area contributed by atoms with Crippen molar-refractivity contribution in [2.45, 2.75) is 45.1 Å². The van der Waals surface area contributed by atoms with E-state index in [0.29, 0.717) is 6.04 Å². The summed E-state index contributed by atoms with van der Waals surface area (Å²) >= 11 is 0. The van der Waals surface area contributed by atoms with E-state index in [4.69, 9.17) is 5.73 Å². The fraction of sp³-hybridized carbons (Fsp3) is 0.667. The molecule has 0 aliphatic heterocycles. The molecule has 0 radical (unpaired) electrons. The van der Waals surface area contributed by atoms with Gasteiger partial charge in [-0.15, -0.1) is 0 Å². The van der Waals surface area contributed by atoms with Gasteiger partial charge in [-0.25, -0.2) is 0 Å². The molecule has 0 spiro atoms. The molecule has 2 nitrogen and oxygen atoms in total. The van der Waals surface area contributed by atoms with Crippen molar-refractivity contribution in [3.05, 3.63) is 23.5 Å². The number of nitrogens with zero attached hydrogens (tertiary/aromatic N) is 1. The van der Waals surface area contributed by atoms with Crippen LogP contribution in [0, 0.1) is 0 Å². The molecule has 1 unspecified atom stereocenters. The Morgan fingerprint density at radius 2 is 2.29 bits per heavy atom. The van der Waals surface area contributed by atoms with E-state index in [9.17, 15) is 0 Å². The summed E-state index contributed by atoms with van der Waals surface area (Å²) in [5.74, 6) is 0.731. The van der Waals surface area contributed by atoms with Gasteiger partial charge in [-0.3, -0.25) is 0 Å². The van der Waals surface area contributed by atoms with Crippen molar-refractivity contribution in [1.29, 1.82) is 0 Å². The molecule has 1 aliphatic carbocycles. The molecule has 1 atom stereocenters. The summed E-state index contributed by atoms with van der Waals surface area (Å²) < 4.78 is 2.33. The smallest absolute Gasteiger partial charge is 0.0274 e. The number of nitrogens with two attached hydrogens (primary N) is 1. The van der Waals surface area contributed by atoms with Gasteiger partial charge in [0, 0.05) is 18.4 Å². The van der Waals surface area contributed by atoms with Crippen molar-refractivity contribution in [2.24, 2.45) is 5.73 Å². The second-order valence-electron chi connectivity index (χ2n) is 4.59. The predicted octanol–water partition coefficient (Wildman–Crippen LogP) is 2.45. The quantitative estimate of drug-likeness (QED) is 0.783. The highest BCUT2D eigenvalue weighted by atomic mass is 15.0. The Morgan fingerprint density at radius 1 is 1.50 bits per heavy atom. The number of hydrogen-bond donors (Lipinski definition) is 1. The second kappa shape index (κ2) is 3.77. The molecule has 1 aromatic heterocycles. The van der Waals surface area contributed by atoms with Gasteiger partial charge in [0.1, 0.15) is 0 Å². The van der Waals surface area contributed by atoms with E-state index >= 15 is 0 Å². The van der Waals surface area contributed by atoms with Gasteiger partial charge in [-0.05, 0) is 56.7 Å². The molecule has 0 fully saturated rings. The largest absolute Gasteiger partial charge is 0.351 e. The highest BCUT2D eigenvalue weighted by molar-refractivity contribution is 5.33. The molecule has 0 bridgehead atoms. The summed E-state index contributed by atoms with van der Waals surface area (Å²) in [4.78, 5) is 0. The SMILES string of the molecule is CC(C)n1cc2c(c1)C(CCN)CC2. The van der Waals surface area contributed by atoms with Crippen molar-refractivity contribution in [3.8, 4) is 0 Å². The summed E-state index contributed by atoms with van der Waals surface area (Å²) in [6.45, 7) is 5.27. The van der Waals surface area contributed by atoms with Crippen LogP contribution in [0.4, 0.5) is 0 Å². The van der Waals surface area contributed by atoms with E-state index in [2.05, 4.69) is 30.8 Å². The lowest BCUT2D eigenvalue weighted by Gasteiger charge is -2.10. The molecule has 1 aliphatic rings. The van der Waals surface area contributed by atoms with E-state index in [1.165, 1.54) is 12.8 Å². The molecular weight excluding hydrogens is 172 g/mol. The lowest BCUT2D eigenvalue weighted by Crippen LogP contribution is -2.05. The lowest BCUT2D eigenvalue weighted by atomic mass is 10.0. The van der Waals surface area contributed by atoms with E-state index in [0.717, 1.165) is 18.9 Å². The molecule has 14 heavy (non-hydrogen) atoms. The van der Waals surface area contributed by atoms with Gasteiger partial charge in [-0.2, -0.15) is 0 Å². The van der Waals surface area contributed by atoms with Gasteiger partial charge in [0.25, 0.3) is 0 Å². The Kier molecular flexibility index (Phi) is 2.64. The van der Waals surface area contributed by atoms with Crippen molar-refractivity contribution >= 4 is 0 Å². The van der Waals surface area contributed by atoms with E-state index in [-0.39, 0.29) is 0 Å². The summed E-state index contributed by atoms with van der Waals surface area (Å²) in [6.07, 6.45) is 8.35. The molecular formula is C12H20N2. The molecule has 0 amide bonds. The minimum atomic E-state index is 0.583. The lowest BCUT2D eigenvalue weighted by molar-refractivity contribution is 0.580. The number of aryl methyl sites for hydroxylation is 1. The summed E-state index contributed by atoms with van der Waals surface area (Å²) in [6, 6.07) is 0.583. The van der Waals surface area contributed by atoms with Gasteiger partial charge >= 0.3 is 0 Å². The van der Waals surface area contributed by atoms with Crippen molar-refractivity contribution in [3.63, 3.8) is 0 Å². The minimum Gasteiger partial charge on any atom is -0.351 e. The third kappa shape index (κ3) is 1.59. The Labute approximate surface area is 86.1 Å². The van der Waals surface area contributed by atoms with E-state index in [1.54, 1.807) is 11.1 Å². The van der Waals surface area contributed by atoms with Crippen LogP contribution in [0.25, 0.3) is 0 Å². The monoisotopic (exact) mass is 192 g/mol. The van der Waals surface area contributed by atoms with Gasteiger partial charge in [0.05, 0.1) is 0 Å². The fourth-order valence-corrected chi connectivity index (χ4v) is 2.40. The number of fused-ring (bicyclic) bond motifs is 1. The number of rotatable bonds is 3. The van der Waals surface area contributed by atoms with Gasteiger partial charge in [0.2, 0.25) is 0 Å². The topological polar surface area (TPSA) is 30.9 Å². The first kappa shape index (κ1) is 9.78. The van der Waals surface area contributed by atoms with Crippen LogP contribution in [0.15, 0.2) is 12.4 Å². The van der Waals surface area contributed by atoms with E-state index < -0.39 is 0 Å². The highest BCUT2D eigenvalue weighted by Gasteiger charge is 2.23. The molecule has 2 rings (SSSR count). The van der Waals surface area contributed by atoms with Crippen LogP contribution >= 0.6 is 0 Å². The van der Waals surface area contributed by atoms with Crippen molar-refractivity contribution in [2.75, 3.05) is 6.54 Å². The summed E-state index contributed by atoms with van der Waals surface area (Å²) in [5, 5.41) is 0. The van der Waals surface area contributed by atoms with Gasteiger partial charge in [0.15, 0.2) is 0 Å². The second-order valence-corrected chi connectivity index (χ2v) is 4.59. The Balaban J connectivity index is 2.21. The maximum atomic E-state index is 5.63. The third-order valence-electron chi connectivity index (χ3n) is 3.28. The average Bonchev–Trinajstić information content (AvgIpc) is 2.67. The zero-order valence-electron chi connectivity index (χ0n) is 9.16. The maximum Gasteiger partial charge on any atom is 0.0274 e. The predicted molar refractivity (Wildman–Crippen MR) is 59.6 cm³/mol. The van der Waals surface area contributed by atoms with Crippen molar-refractivity contribution < 1.29 is 0 Å². The minimum absolute atomic E-state index is 0.583. The molecule has 2 heteroatoms. The van der Waals surface area contributed by atoms with Crippen LogP contribution in [0.5, 0.6) is 0 Å². The zero-order valence-corrected chi connectivity index (χ0v) is 9.16. The van der Waals surface area contributed by atoms with Crippen LogP contribution in [-0.4, -0.2) is 11.1 Å². The number of aromatic nitrogens is 1. The normalized spacial score (nSPS) is 20.4. The molecule has 1 aromatic rings. The highest BCUT2D eigenvalue weighted by Crippen LogP contribution is 2.36. The van der Waals surface area contributed by atoms with Crippen LogP contribution < -0.4 is 5.73 Å². The Bertz CT molecular complexity index is 312. The van der Waals surface area contributed by atoms with Crippen LogP contribution in [-0.2, 0) is 6.42 Å². The molecule has 0 saturated heterocycles. The standard InChI is InChI=1S/C12H20N2/c1-9(2)14-7-11-4-3-10(5-6-13)12(11)8-14/h7-10H,3-6,13H2,1-2H3. The molecule has 1 heterocycles. The summed E-state index contributed by atoms with van der Waals surface area (Å²) in [7, 11) is 0. The van der Waals surface area contributed by atoms with Gasteiger partial charge < -0.3 is 10.3 Å². The van der Waals surface area contributed by atoms with E-state index in [1.807, 2.05) is 0 Å². The van der Waals surface area contributed by atoms with Crippen LogP contribution in [0.2, 0.25) is 0 Å². The molecule has 0 aromatic carbocycles. The summed E-state index contributed by atoms with van der Waals surface area (Å²) in [5.41, 5.74) is 8.74. The molecule has 2 N–H and O–H groups in total. The van der Waals surface area contributed by atoms with Crippen LogP contribution in [0.1, 0.15) is 49.8 Å². The maximum absolute atomic E-state index is 5.63. The number of hydrogen-bond acceptors (Lipinski definition) is 1. The van der Waals surface area contributed by atoms with Crippen LogP contribution in [0.3, 0.4) is 0 Å². The first-order valence-electron chi connectivity index (χ1n) is 5.62. The van der Waals surface area contributed by atoms with Crippen molar-refractivity contribution in [1.82, 2.24) is 4.57 Å². The first-order chi connectivity index (χ1) is 6.72. The zero-order chi connectivity index (χ0) is 10.1. The first-order valence-corrected chi connectivity index (χ1v) is 5.62. The Hall–Kier alpha value is -0.760. The third-order valence-corrected chi connectivity index (χ3v) is 3.28. The van der Waals surface area contributed by atoms with Gasteiger partial charge in [-0.1, -0.05) is 0 Å². The molecule has 0 saturated carbocycles. The molecule has 78 valence electrons.